The van der Waals surface area contributed by atoms with Crippen LogP contribution in [-0.4, -0.2) is 4.98 Å². The zero-order valence-electron chi connectivity index (χ0n) is 6.40. The fourth-order valence-electron chi connectivity index (χ4n) is 0.901. The largest absolute Gasteiger partial charge is 0.325 e. The van der Waals surface area contributed by atoms with E-state index in [1.54, 1.807) is 0 Å². The van der Waals surface area contributed by atoms with Crippen LogP contribution in [0.25, 0.3) is 0 Å². The van der Waals surface area contributed by atoms with E-state index in [0.29, 0.717) is 0 Å². The lowest BCUT2D eigenvalue weighted by Gasteiger charge is -2.08. The molecule has 1 aromatic rings. The van der Waals surface area contributed by atoms with Crippen molar-refractivity contribution in [1.82, 2.24) is 4.98 Å². The molecule has 0 aliphatic rings. The third-order valence-electron chi connectivity index (χ3n) is 1.50. The third-order valence-corrected chi connectivity index (χ3v) is 2.87. The SMILES string of the molecule is NCc1ncc(Cl)c(Br)c1C(F)F. The molecule has 0 radical (unpaired) electrons. The fourth-order valence-corrected chi connectivity index (χ4v) is 1.56. The van der Waals surface area contributed by atoms with Crippen molar-refractivity contribution >= 4 is 27.5 Å². The van der Waals surface area contributed by atoms with E-state index in [2.05, 4.69) is 20.9 Å². The number of aromatic nitrogens is 1. The average molecular weight is 271 g/mol. The van der Waals surface area contributed by atoms with Gasteiger partial charge in [-0.2, -0.15) is 0 Å². The van der Waals surface area contributed by atoms with Crippen LogP contribution >= 0.6 is 27.5 Å². The Morgan fingerprint density at radius 1 is 1.62 bits per heavy atom. The molecule has 0 aliphatic heterocycles. The summed E-state index contributed by atoms with van der Waals surface area (Å²) in [6, 6.07) is 0. The van der Waals surface area contributed by atoms with Gasteiger partial charge in [0.15, 0.2) is 0 Å². The summed E-state index contributed by atoms with van der Waals surface area (Å²) in [5.74, 6) is 0. The smallest absolute Gasteiger partial charge is 0.266 e. The van der Waals surface area contributed by atoms with Crippen LogP contribution in [0.4, 0.5) is 8.78 Å². The Balaban J connectivity index is 3.32. The molecule has 6 heteroatoms. The van der Waals surface area contributed by atoms with Crippen LogP contribution in [0.2, 0.25) is 5.02 Å². The van der Waals surface area contributed by atoms with Gasteiger partial charge in [0.25, 0.3) is 6.43 Å². The first-order valence-electron chi connectivity index (χ1n) is 3.39. The van der Waals surface area contributed by atoms with Gasteiger partial charge in [-0.3, -0.25) is 4.98 Å². The Bertz CT molecular complexity index is 320. The first kappa shape index (κ1) is 10.8. The highest BCUT2D eigenvalue weighted by atomic mass is 79.9. The predicted molar refractivity (Wildman–Crippen MR) is 49.8 cm³/mol. The molecule has 13 heavy (non-hydrogen) atoms. The first-order chi connectivity index (χ1) is 6.07. The van der Waals surface area contributed by atoms with Crippen LogP contribution in [0.15, 0.2) is 10.7 Å². The molecule has 2 nitrogen and oxygen atoms in total. The number of halogens is 4. The zero-order chi connectivity index (χ0) is 10.0. The van der Waals surface area contributed by atoms with Crippen molar-refractivity contribution in [1.29, 1.82) is 0 Å². The highest BCUT2D eigenvalue weighted by Crippen LogP contribution is 2.34. The van der Waals surface area contributed by atoms with E-state index in [0.717, 1.165) is 0 Å². The molecule has 0 bridgehead atoms. The number of pyridine rings is 1. The minimum Gasteiger partial charge on any atom is -0.325 e. The van der Waals surface area contributed by atoms with E-state index < -0.39 is 6.43 Å². The van der Waals surface area contributed by atoms with Gasteiger partial charge in [0.1, 0.15) is 0 Å². The van der Waals surface area contributed by atoms with Gasteiger partial charge < -0.3 is 5.73 Å². The Morgan fingerprint density at radius 3 is 2.69 bits per heavy atom. The molecule has 0 atom stereocenters. The summed E-state index contributed by atoms with van der Waals surface area (Å²) >= 11 is 8.57. The standard InChI is InChI=1S/C7H6BrClF2N2/c8-6-3(9)2-13-4(1-12)5(6)7(10)11/h2,7H,1,12H2. The normalized spacial score (nSPS) is 10.9. The molecule has 0 aromatic carbocycles. The zero-order valence-corrected chi connectivity index (χ0v) is 8.74. The van der Waals surface area contributed by atoms with Crippen molar-refractivity contribution in [3.63, 3.8) is 0 Å². The van der Waals surface area contributed by atoms with Gasteiger partial charge in [-0.1, -0.05) is 11.6 Å². The monoisotopic (exact) mass is 270 g/mol. The van der Waals surface area contributed by atoms with Crippen molar-refractivity contribution in [2.45, 2.75) is 13.0 Å². The minimum absolute atomic E-state index is 0.0323. The summed E-state index contributed by atoms with van der Waals surface area (Å²) in [7, 11) is 0. The molecule has 72 valence electrons. The van der Waals surface area contributed by atoms with E-state index in [1.165, 1.54) is 6.20 Å². The lowest BCUT2D eigenvalue weighted by Crippen LogP contribution is -2.05. The van der Waals surface area contributed by atoms with Crippen molar-refractivity contribution in [2.75, 3.05) is 0 Å². The summed E-state index contributed by atoms with van der Waals surface area (Å²) in [4.78, 5) is 3.71. The van der Waals surface area contributed by atoms with Gasteiger partial charge in [-0.15, -0.1) is 0 Å². The second-order valence-electron chi connectivity index (χ2n) is 2.29. The second-order valence-corrected chi connectivity index (χ2v) is 3.49. The van der Waals surface area contributed by atoms with Gasteiger partial charge >= 0.3 is 0 Å². The van der Waals surface area contributed by atoms with Crippen LogP contribution in [0.5, 0.6) is 0 Å². The molecule has 0 saturated heterocycles. The summed E-state index contributed by atoms with van der Waals surface area (Å²) in [6.07, 6.45) is -1.33. The molecule has 0 amide bonds. The van der Waals surface area contributed by atoms with Crippen LogP contribution in [-0.2, 0) is 6.54 Å². The summed E-state index contributed by atoms with van der Waals surface area (Å²) in [6.45, 7) is -0.0323. The van der Waals surface area contributed by atoms with Crippen LogP contribution < -0.4 is 5.73 Å². The minimum atomic E-state index is -2.63. The third kappa shape index (κ3) is 2.15. The molecule has 0 unspecified atom stereocenters. The predicted octanol–water partition coefficient (Wildman–Crippen LogP) is 2.89. The van der Waals surface area contributed by atoms with Gasteiger partial charge in [0.2, 0.25) is 0 Å². The fraction of sp³-hybridized carbons (Fsp3) is 0.286. The number of rotatable bonds is 2. The molecule has 0 aliphatic carbocycles. The van der Waals surface area contributed by atoms with Crippen LogP contribution in [0, 0.1) is 0 Å². The van der Waals surface area contributed by atoms with Gasteiger partial charge in [-0.25, -0.2) is 8.78 Å². The van der Waals surface area contributed by atoms with Gasteiger partial charge in [-0.05, 0) is 15.9 Å². The Morgan fingerprint density at radius 2 is 2.23 bits per heavy atom. The van der Waals surface area contributed by atoms with Crippen molar-refractivity contribution in [2.24, 2.45) is 5.73 Å². The first-order valence-corrected chi connectivity index (χ1v) is 4.56. The van der Waals surface area contributed by atoms with E-state index >= 15 is 0 Å². The molecule has 1 heterocycles. The van der Waals surface area contributed by atoms with Crippen molar-refractivity contribution in [3.05, 3.63) is 26.9 Å². The van der Waals surface area contributed by atoms with Crippen LogP contribution in [0.3, 0.4) is 0 Å². The summed E-state index contributed by atoms with van der Waals surface area (Å²) in [5, 5.41) is 0.160. The molecular formula is C7H6BrClF2N2. The van der Waals surface area contributed by atoms with Gasteiger partial charge in [0, 0.05) is 17.2 Å². The van der Waals surface area contributed by atoms with E-state index in [4.69, 9.17) is 17.3 Å². The van der Waals surface area contributed by atoms with Crippen molar-refractivity contribution in [3.8, 4) is 0 Å². The molecule has 0 spiro atoms. The number of hydrogen-bond donors (Lipinski definition) is 1. The topological polar surface area (TPSA) is 38.9 Å². The highest BCUT2D eigenvalue weighted by Gasteiger charge is 2.19. The molecular weight excluding hydrogens is 265 g/mol. The number of alkyl halides is 2. The maximum atomic E-state index is 12.5. The molecule has 1 aromatic heterocycles. The summed E-state index contributed by atoms with van der Waals surface area (Å²) in [5.41, 5.74) is 5.18. The molecule has 0 saturated carbocycles. The van der Waals surface area contributed by atoms with Crippen molar-refractivity contribution < 1.29 is 8.78 Å². The summed E-state index contributed by atoms with van der Waals surface area (Å²) < 4.78 is 25.1. The van der Waals surface area contributed by atoms with Crippen LogP contribution in [0.1, 0.15) is 17.7 Å². The number of nitrogens with two attached hydrogens (primary N) is 1. The quantitative estimate of drug-likeness (QED) is 0.898. The lowest BCUT2D eigenvalue weighted by atomic mass is 10.2. The highest BCUT2D eigenvalue weighted by molar-refractivity contribution is 9.10. The maximum absolute atomic E-state index is 12.5. The number of hydrogen-bond acceptors (Lipinski definition) is 2. The Labute approximate surface area is 87.2 Å². The second kappa shape index (κ2) is 4.30. The van der Waals surface area contributed by atoms with E-state index in [1.807, 2.05) is 0 Å². The average Bonchev–Trinajstić information content (AvgIpc) is 2.08. The Kier molecular flexibility index (Phi) is 3.58. The Hall–Kier alpha value is -0.260. The maximum Gasteiger partial charge on any atom is 0.266 e. The molecule has 1 rings (SSSR count). The van der Waals surface area contributed by atoms with Gasteiger partial charge in [0.05, 0.1) is 16.3 Å². The molecule has 0 fully saturated rings. The number of nitrogens with zero attached hydrogens (tertiary/aromatic N) is 1. The molecule has 2 N–H and O–H groups in total. The lowest BCUT2D eigenvalue weighted by molar-refractivity contribution is 0.149. The van der Waals surface area contributed by atoms with E-state index in [-0.39, 0.29) is 27.3 Å². The van der Waals surface area contributed by atoms with E-state index in [9.17, 15) is 8.78 Å².